The van der Waals surface area contributed by atoms with Crippen LogP contribution in [-0.2, 0) is 14.3 Å². The molecule has 0 aliphatic carbocycles. The third kappa shape index (κ3) is 12.2. The number of rotatable bonds is 17. The molecule has 1 atom stereocenters. The van der Waals surface area contributed by atoms with Gasteiger partial charge in [-0.25, -0.2) is 0 Å². The highest BCUT2D eigenvalue weighted by Gasteiger charge is 2.32. The molecular weight excluding hydrogens is 312 g/mol. The molecular formula is C22H40O3. The normalized spacial score (nSPS) is 17.2. The summed E-state index contributed by atoms with van der Waals surface area (Å²) in [5.41, 5.74) is 0. The van der Waals surface area contributed by atoms with E-state index in [0.29, 0.717) is 6.42 Å². The van der Waals surface area contributed by atoms with E-state index in [1.807, 2.05) is 0 Å². The van der Waals surface area contributed by atoms with E-state index in [0.717, 1.165) is 12.8 Å². The first-order chi connectivity index (χ1) is 12.2. The molecule has 0 amide bonds. The largest absolute Gasteiger partial charge is 0.393 e. The Morgan fingerprint density at radius 3 is 1.44 bits per heavy atom. The molecule has 1 aliphatic heterocycles. The predicted molar refractivity (Wildman–Crippen MR) is 103 cm³/mol. The van der Waals surface area contributed by atoms with Crippen molar-refractivity contribution in [1.82, 2.24) is 0 Å². The summed E-state index contributed by atoms with van der Waals surface area (Å²) in [7, 11) is 0. The average molecular weight is 353 g/mol. The summed E-state index contributed by atoms with van der Waals surface area (Å²) < 4.78 is 4.58. The smallest absolute Gasteiger partial charge is 0.317 e. The Labute approximate surface area is 155 Å². The molecule has 3 heteroatoms. The van der Waals surface area contributed by atoms with Gasteiger partial charge in [-0.05, 0) is 6.42 Å². The van der Waals surface area contributed by atoms with Gasteiger partial charge in [0.1, 0.15) is 0 Å². The second-order valence-corrected chi connectivity index (χ2v) is 7.79. The van der Waals surface area contributed by atoms with Crippen molar-refractivity contribution >= 4 is 11.9 Å². The Morgan fingerprint density at radius 2 is 1.08 bits per heavy atom. The zero-order valence-corrected chi connectivity index (χ0v) is 16.5. The average Bonchev–Trinajstić information content (AvgIpc) is 2.92. The standard InChI is InChI=1S/C22H40O3/c1-2-3-4-5-6-7-8-9-10-11-12-13-14-15-16-17-18-20-19-21(23)25-22(20)24/h20H,2-19H2,1H3. The van der Waals surface area contributed by atoms with Crippen molar-refractivity contribution < 1.29 is 14.3 Å². The molecule has 1 saturated heterocycles. The molecule has 3 nitrogen and oxygen atoms in total. The van der Waals surface area contributed by atoms with Crippen LogP contribution in [0.5, 0.6) is 0 Å². The SMILES string of the molecule is CCCCCCCCCCCCCCCCCCC1CC(=O)OC1=O. The maximum absolute atomic E-state index is 11.3. The Balaban J connectivity index is 1.72. The lowest BCUT2D eigenvalue weighted by atomic mass is 9.98. The van der Waals surface area contributed by atoms with Crippen molar-refractivity contribution in [1.29, 1.82) is 0 Å². The van der Waals surface area contributed by atoms with Gasteiger partial charge in [0.05, 0.1) is 12.3 Å². The monoisotopic (exact) mass is 352 g/mol. The van der Waals surface area contributed by atoms with Gasteiger partial charge in [-0.2, -0.15) is 0 Å². The third-order valence-corrected chi connectivity index (χ3v) is 5.37. The van der Waals surface area contributed by atoms with Crippen LogP contribution in [-0.4, -0.2) is 11.9 Å². The molecule has 1 rings (SSSR count). The van der Waals surface area contributed by atoms with Gasteiger partial charge in [-0.1, -0.05) is 110 Å². The minimum atomic E-state index is -0.341. The first-order valence-electron chi connectivity index (χ1n) is 11.0. The highest BCUT2D eigenvalue weighted by molar-refractivity contribution is 5.94. The van der Waals surface area contributed by atoms with Crippen LogP contribution < -0.4 is 0 Å². The molecule has 0 N–H and O–H groups in total. The van der Waals surface area contributed by atoms with Crippen molar-refractivity contribution in [2.75, 3.05) is 0 Å². The fourth-order valence-electron chi connectivity index (χ4n) is 3.68. The molecule has 0 saturated carbocycles. The number of ether oxygens (including phenoxy) is 1. The van der Waals surface area contributed by atoms with E-state index in [4.69, 9.17) is 0 Å². The molecule has 0 aromatic heterocycles. The predicted octanol–water partition coefficient (Wildman–Crippen LogP) is 6.73. The summed E-state index contributed by atoms with van der Waals surface area (Å²) in [6, 6.07) is 0. The van der Waals surface area contributed by atoms with Crippen LogP contribution in [0, 0.1) is 5.92 Å². The highest BCUT2D eigenvalue weighted by atomic mass is 16.6. The number of hydrogen-bond donors (Lipinski definition) is 0. The second kappa shape index (κ2) is 15.4. The fourth-order valence-corrected chi connectivity index (χ4v) is 3.68. The van der Waals surface area contributed by atoms with Crippen LogP contribution in [0.3, 0.4) is 0 Å². The van der Waals surface area contributed by atoms with Crippen LogP contribution in [0.4, 0.5) is 0 Å². The number of carbonyl (C=O) groups is 2. The van der Waals surface area contributed by atoms with E-state index < -0.39 is 0 Å². The molecule has 146 valence electrons. The van der Waals surface area contributed by atoms with E-state index in [1.165, 1.54) is 96.3 Å². The highest BCUT2D eigenvalue weighted by Crippen LogP contribution is 2.22. The Hall–Kier alpha value is -0.860. The molecule has 0 bridgehead atoms. The summed E-state index contributed by atoms with van der Waals surface area (Å²) in [5, 5.41) is 0. The van der Waals surface area contributed by atoms with Gasteiger partial charge in [0.15, 0.2) is 0 Å². The maximum atomic E-state index is 11.3. The molecule has 1 heterocycles. The lowest BCUT2D eigenvalue weighted by Crippen LogP contribution is -2.06. The summed E-state index contributed by atoms with van der Waals surface area (Å²) in [6.07, 6.45) is 22.8. The van der Waals surface area contributed by atoms with E-state index in [2.05, 4.69) is 11.7 Å². The number of unbranched alkanes of at least 4 members (excludes halogenated alkanes) is 15. The zero-order chi connectivity index (χ0) is 18.2. The van der Waals surface area contributed by atoms with Gasteiger partial charge in [0.25, 0.3) is 0 Å². The first-order valence-corrected chi connectivity index (χ1v) is 11.0. The quantitative estimate of drug-likeness (QED) is 0.166. The Kier molecular flexibility index (Phi) is 13.7. The summed E-state index contributed by atoms with van der Waals surface area (Å²) >= 11 is 0. The number of cyclic esters (lactones) is 2. The van der Waals surface area contributed by atoms with Gasteiger partial charge in [0, 0.05) is 0 Å². The topological polar surface area (TPSA) is 43.4 Å². The number of carbonyl (C=O) groups excluding carboxylic acids is 2. The summed E-state index contributed by atoms with van der Waals surface area (Å²) in [6.45, 7) is 2.28. The molecule has 25 heavy (non-hydrogen) atoms. The second-order valence-electron chi connectivity index (χ2n) is 7.79. The minimum absolute atomic E-state index is 0.154. The van der Waals surface area contributed by atoms with Crippen LogP contribution in [0.25, 0.3) is 0 Å². The van der Waals surface area contributed by atoms with Crippen LogP contribution in [0.2, 0.25) is 0 Å². The van der Waals surface area contributed by atoms with Gasteiger partial charge in [0.2, 0.25) is 0 Å². The molecule has 1 fully saturated rings. The summed E-state index contributed by atoms with van der Waals surface area (Å²) in [4.78, 5) is 22.3. The van der Waals surface area contributed by atoms with E-state index in [1.54, 1.807) is 0 Å². The summed E-state index contributed by atoms with van der Waals surface area (Å²) in [5.74, 6) is -0.795. The van der Waals surface area contributed by atoms with Crippen molar-refractivity contribution in [3.8, 4) is 0 Å². The minimum Gasteiger partial charge on any atom is -0.393 e. The van der Waals surface area contributed by atoms with Gasteiger partial charge in [-0.15, -0.1) is 0 Å². The maximum Gasteiger partial charge on any atom is 0.317 e. The van der Waals surface area contributed by atoms with Gasteiger partial charge >= 0.3 is 11.9 Å². The molecule has 1 unspecified atom stereocenters. The van der Waals surface area contributed by atoms with Crippen molar-refractivity contribution in [2.24, 2.45) is 5.92 Å². The fraction of sp³-hybridized carbons (Fsp3) is 0.909. The van der Waals surface area contributed by atoms with Crippen LogP contribution in [0.15, 0.2) is 0 Å². The molecule has 0 spiro atoms. The first kappa shape index (κ1) is 22.2. The molecule has 0 aromatic carbocycles. The Bertz CT molecular complexity index is 351. The van der Waals surface area contributed by atoms with Crippen LogP contribution in [0.1, 0.15) is 122 Å². The van der Waals surface area contributed by atoms with E-state index in [9.17, 15) is 9.59 Å². The van der Waals surface area contributed by atoms with Gasteiger partial charge < -0.3 is 4.74 Å². The van der Waals surface area contributed by atoms with E-state index >= 15 is 0 Å². The lowest BCUT2D eigenvalue weighted by molar-refractivity contribution is -0.153. The Morgan fingerprint density at radius 1 is 0.680 bits per heavy atom. The molecule has 0 radical (unpaired) electrons. The molecule has 0 aromatic rings. The van der Waals surface area contributed by atoms with E-state index in [-0.39, 0.29) is 17.9 Å². The number of hydrogen-bond acceptors (Lipinski definition) is 3. The number of esters is 2. The van der Waals surface area contributed by atoms with Crippen molar-refractivity contribution in [3.63, 3.8) is 0 Å². The zero-order valence-electron chi connectivity index (χ0n) is 16.5. The lowest BCUT2D eigenvalue weighted by Gasteiger charge is -2.05. The van der Waals surface area contributed by atoms with Crippen molar-refractivity contribution in [2.45, 2.75) is 122 Å². The van der Waals surface area contributed by atoms with Gasteiger partial charge in [-0.3, -0.25) is 9.59 Å². The van der Waals surface area contributed by atoms with Crippen LogP contribution >= 0.6 is 0 Å². The van der Waals surface area contributed by atoms with Crippen molar-refractivity contribution in [3.05, 3.63) is 0 Å². The molecule has 1 aliphatic rings. The third-order valence-electron chi connectivity index (χ3n) is 5.37.